The minimum absolute atomic E-state index is 0.102. The zero-order valence-corrected chi connectivity index (χ0v) is 4.30. The fourth-order valence-corrected chi connectivity index (χ4v) is 0.261. The monoisotopic (exact) mass is 121 g/mol. The van der Waals surface area contributed by atoms with E-state index in [4.69, 9.17) is 5.11 Å². The second-order valence-corrected chi connectivity index (χ2v) is 1.45. The van der Waals surface area contributed by atoms with Gasteiger partial charge >= 0.3 is 5.97 Å². The largest absolute Gasteiger partial charge is 0.481 e. The van der Waals surface area contributed by atoms with Gasteiger partial charge < -0.3 is 10.8 Å². The quantitative estimate of drug-likeness (QED) is 0.521. The Labute approximate surface area is 46.3 Å². The molecule has 8 heavy (non-hydrogen) atoms. The van der Waals surface area contributed by atoms with Crippen LogP contribution in [-0.4, -0.2) is 17.4 Å². The molecule has 3 N–H and O–H groups in total. The lowest BCUT2D eigenvalue weighted by Crippen LogP contribution is -2.14. The number of alkyl halides is 1. The van der Waals surface area contributed by atoms with E-state index in [1.165, 1.54) is 0 Å². The molecule has 48 valence electrons. The van der Waals surface area contributed by atoms with Crippen LogP contribution in [0.2, 0.25) is 0 Å². The van der Waals surface area contributed by atoms with E-state index in [9.17, 15) is 9.18 Å². The number of carboxylic acid groups (broad SMARTS) is 1. The average Bonchev–Trinajstić information content (AvgIpc) is 1.61. The molecule has 0 heterocycles. The summed E-state index contributed by atoms with van der Waals surface area (Å²) in [5.41, 5.74) is 4.61. The Hall–Kier alpha value is -0.640. The van der Waals surface area contributed by atoms with Crippen molar-refractivity contribution in [2.45, 2.75) is 19.1 Å². The molecule has 0 aromatic heterocycles. The molecule has 0 aromatic rings. The fourth-order valence-electron chi connectivity index (χ4n) is 0.261. The van der Waals surface area contributed by atoms with Gasteiger partial charge in [-0.05, 0) is 0 Å². The predicted octanol–water partition coefficient (Wildman–Crippen LogP) is 0.105. The molecular formula is C4H8FNO2. The van der Waals surface area contributed by atoms with E-state index in [0.29, 0.717) is 0 Å². The number of halogens is 1. The topological polar surface area (TPSA) is 63.3 Å². The van der Waals surface area contributed by atoms with E-state index in [1.807, 2.05) is 0 Å². The second-order valence-electron chi connectivity index (χ2n) is 1.45. The number of nitrogens with two attached hydrogens (primary N) is 1. The number of hydrogen-bond donors (Lipinski definition) is 2. The molecule has 0 bridgehead atoms. The molecule has 0 saturated carbocycles. The number of hydrogen-bond acceptors (Lipinski definition) is 2. The van der Waals surface area contributed by atoms with Crippen molar-refractivity contribution in [3.63, 3.8) is 0 Å². The van der Waals surface area contributed by atoms with Gasteiger partial charge in [0.25, 0.3) is 0 Å². The Balaban J connectivity index is 3.05. The lowest BCUT2D eigenvalue weighted by molar-refractivity contribution is -0.137. The van der Waals surface area contributed by atoms with Crippen molar-refractivity contribution in [3.05, 3.63) is 0 Å². The van der Waals surface area contributed by atoms with Gasteiger partial charge in [0.1, 0.15) is 6.30 Å². The van der Waals surface area contributed by atoms with Crippen LogP contribution in [-0.2, 0) is 4.79 Å². The normalized spacial score (nSPS) is 13.2. The van der Waals surface area contributed by atoms with E-state index in [2.05, 4.69) is 5.73 Å². The fraction of sp³-hybridized carbons (Fsp3) is 0.750. The standard InChI is InChI=1S/C4H8FNO2/c5-3(6)1-2-4(7)8/h3H,1-2,6H2,(H,7,8). The molecule has 3 nitrogen and oxygen atoms in total. The Morgan fingerprint density at radius 1 is 1.88 bits per heavy atom. The molecule has 0 aromatic carbocycles. The Kier molecular flexibility index (Phi) is 3.10. The highest BCUT2D eigenvalue weighted by atomic mass is 19.1. The van der Waals surface area contributed by atoms with Crippen LogP contribution in [0.5, 0.6) is 0 Å². The third-order valence-electron chi connectivity index (χ3n) is 0.634. The SMILES string of the molecule is NC(F)CCC(=O)O. The van der Waals surface area contributed by atoms with Gasteiger partial charge in [0.2, 0.25) is 0 Å². The van der Waals surface area contributed by atoms with Crippen LogP contribution in [0.1, 0.15) is 12.8 Å². The van der Waals surface area contributed by atoms with E-state index in [-0.39, 0.29) is 12.8 Å². The number of rotatable bonds is 3. The smallest absolute Gasteiger partial charge is 0.303 e. The summed E-state index contributed by atoms with van der Waals surface area (Å²) in [5, 5.41) is 7.94. The van der Waals surface area contributed by atoms with E-state index < -0.39 is 12.3 Å². The summed E-state index contributed by atoms with van der Waals surface area (Å²) in [6, 6.07) is 0. The molecule has 0 amide bonds. The first kappa shape index (κ1) is 7.36. The Morgan fingerprint density at radius 3 is 2.50 bits per heavy atom. The van der Waals surface area contributed by atoms with Gasteiger partial charge in [0.05, 0.1) is 0 Å². The second kappa shape index (κ2) is 3.37. The van der Waals surface area contributed by atoms with Gasteiger partial charge in [-0.15, -0.1) is 0 Å². The number of carbonyl (C=O) groups is 1. The Bertz CT molecular complexity index is 84.1. The van der Waals surface area contributed by atoms with Crippen molar-refractivity contribution in [1.29, 1.82) is 0 Å². The van der Waals surface area contributed by atoms with Crippen molar-refractivity contribution in [1.82, 2.24) is 0 Å². The van der Waals surface area contributed by atoms with Gasteiger partial charge in [-0.25, -0.2) is 4.39 Å². The molecule has 0 fully saturated rings. The first-order valence-corrected chi connectivity index (χ1v) is 2.24. The molecule has 0 radical (unpaired) electrons. The van der Waals surface area contributed by atoms with Crippen molar-refractivity contribution in [3.8, 4) is 0 Å². The summed E-state index contributed by atoms with van der Waals surface area (Å²) in [5.74, 6) is -1.02. The highest BCUT2D eigenvalue weighted by Gasteiger charge is 2.01. The van der Waals surface area contributed by atoms with Crippen molar-refractivity contribution >= 4 is 5.97 Å². The highest BCUT2D eigenvalue weighted by Crippen LogP contribution is 1.93. The van der Waals surface area contributed by atoms with Crippen LogP contribution < -0.4 is 5.73 Å². The van der Waals surface area contributed by atoms with Crippen LogP contribution in [0.3, 0.4) is 0 Å². The molecule has 0 rings (SSSR count). The lowest BCUT2D eigenvalue weighted by Gasteiger charge is -1.94. The van der Waals surface area contributed by atoms with Crippen molar-refractivity contribution in [2.24, 2.45) is 5.73 Å². The maximum Gasteiger partial charge on any atom is 0.303 e. The van der Waals surface area contributed by atoms with Crippen molar-refractivity contribution in [2.75, 3.05) is 0 Å². The minimum Gasteiger partial charge on any atom is -0.481 e. The van der Waals surface area contributed by atoms with Gasteiger partial charge in [-0.1, -0.05) is 0 Å². The zero-order valence-electron chi connectivity index (χ0n) is 4.30. The molecule has 0 aliphatic heterocycles. The van der Waals surface area contributed by atoms with Crippen molar-refractivity contribution < 1.29 is 14.3 Å². The van der Waals surface area contributed by atoms with Crippen LogP contribution in [0.15, 0.2) is 0 Å². The third kappa shape index (κ3) is 5.36. The van der Waals surface area contributed by atoms with Gasteiger partial charge in [0.15, 0.2) is 0 Å². The molecule has 1 unspecified atom stereocenters. The van der Waals surface area contributed by atoms with Gasteiger partial charge in [0, 0.05) is 12.8 Å². The first-order valence-electron chi connectivity index (χ1n) is 2.24. The predicted molar refractivity (Wildman–Crippen MR) is 26.0 cm³/mol. The molecule has 0 saturated heterocycles. The lowest BCUT2D eigenvalue weighted by atomic mass is 10.3. The van der Waals surface area contributed by atoms with E-state index in [1.54, 1.807) is 0 Å². The maximum absolute atomic E-state index is 11.6. The third-order valence-corrected chi connectivity index (χ3v) is 0.634. The van der Waals surface area contributed by atoms with E-state index in [0.717, 1.165) is 0 Å². The highest BCUT2D eigenvalue weighted by molar-refractivity contribution is 5.66. The number of aliphatic carboxylic acids is 1. The minimum atomic E-state index is -1.49. The average molecular weight is 121 g/mol. The molecule has 0 aliphatic carbocycles. The summed E-state index contributed by atoms with van der Waals surface area (Å²) in [6.07, 6.45) is -1.79. The number of carboxylic acids is 1. The summed E-state index contributed by atoms with van der Waals surface area (Å²) in [6.45, 7) is 0. The van der Waals surface area contributed by atoms with Crippen LogP contribution in [0, 0.1) is 0 Å². The molecule has 0 aliphatic rings. The Morgan fingerprint density at radius 2 is 2.38 bits per heavy atom. The zero-order chi connectivity index (χ0) is 6.57. The van der Waals surface area contributed by atoms with Crippen LogP contribution in [0.4, 0.5) is 4.39 Å². The summed E-state index contributed by atoms with van der Waals surface area (Å²) in [4.78, 5) is 9.68. The molecule has 4 heteroatoms. The van der Waals surface area contributed by atoms with Gasteiger partial charge in [-0.2, -0.15) is 0 Å². The summed E-state index contributed by atoms with van der Waals surface area (Å²) < 4.78 is 11.6. The van der Waals surface area contributed by atoms with Gasteiger partial charge in [-0.3, -0.25) is 4.79 Å². The molecular weight excluding hydrogens is 113 g/mol. The first-order chi connectivity index (χ1) is 3.63. The van der Waals surface area contributed by atoms with Crippen LogP contribution in [0.25, 0.3) is 0 Å². The molecule has 0 spiro atoms. The maximum atomic E-state index is 11.6. The summed E-state index contributed by atoms with van der Waals surface area (Å²) >= 11 is 0. The van der Waals surface area contributed by atoms with E-state index >= 15 is 0 Å². The molecule has 1 atom stereocenters. The van der Waals surface area contributed by atoms with Crippen LogP contribution >= 0.6 is 0 Å². The summed E-state index contributed by atoms with van der Waals surface area (Å²) in [7, 11) is 0.